The summed E-state index contributed by atoms with van der Waals surface area (Å²) in [6.07, 6.45) is 3.41. The summed E-state index contributed by atoms with van der Waals surface area (Å²) < 4.78 is 8.01. The number of furan rings is 1. The summed E-state index contributed by atoms with van der Waals surface area (Å²) in [5, 5.41) is 4.16. The van der Waals surface area contributed by atoms with Gasteiger partial charge in [0.2, 0.25) is 0 Å². The topological polar surface area (TPSA) is 102 Å². The van der Waals surface area contributed by atoms with E-state index in [9.17, 15) is 9.59 Å². The molecule has 1 aliphatic heterocycles. The Kier molecular flexibility index (Phi) is 7.02. The fourth-order valence-electron chi connectivity index (χ4n) is 4.44. The van der Waals surface area contributed by atoms with E-state index in [1.54, 1.807) is 29.8 Å². The minimum Gasteiger partial charge on any atom is -0.450 e. The van der Waals surface area contributed by atoms with Crippen molar-refractivity contribution >= 4 is 40.8 Å². The number of allylic oxidation sites excluding steroid dienone is 1. The Bertz CT molecular complexity index is 1930. The highest BCUT2D eigenvalue weighted by Gasteiger charge is 2.32. The lowest BCUT2D eigenvalue weighted by atomic mass is 9.95. The first-order valence-corrected chi connectivity index (χ1v) is 14.1. The second-order valence-electron chi connectivity index (χ2n) is 9.05. The molecule has 1 atom stereocenters. The highest BCUT2D eigenvalue weighted by molar-refractivity contribution is 7.99. The van der Waals surface area contributed by atoms with Gasteiger partial charge in [-0.2, -0.15) is 0 Å². The first kappa shape index (κ1) is 25.7. The maximum absolute atomic E-state index is 13.8. The molecule has 0 unspecified atom stereocenters. The van der Waals surface area contributed by atoms with Gasteiger partial charge in [-0.3, -0.25) is 14.2 Å². The summed E-state index contributed by atoms with van der Waals surface area (Å²) in [6, 6.07) is 23.6. The van der Waals surface area contributed by atoms with Crippen molar-refractivity contribution < 1.29 is 9.21 Å². The van der Waals surface area contributed by atoms with Crippen molar-refractivity contribution in [1.29, 1.82) is 0 Å². The first-order chi connectivity index (χ1) is 19.5. The number of anilines is 1. The van der Waals surface area contributed by atoms with Crippen LogP contribution in [0.25, 0.3) is 6.08 Å². The van der Waals surface area contributed by atoms with Gasteiger partial charge in [-0.1, -0.05) is 59.9 Å². The van der Waals surface area contributed by atoms with Crippen LogP contribution in [0.5, 0.6) is 0 Å². The Labute approximate surface area is 237 Å². The molecule has 198 valence electrons. The molecule has 1 amide bonds. The van der Waals surface area contributed by atoms with Crippen molar-refractivity contribution in [2.45, 2.75) is 30.1 Å². The second kappa shape index (κ2) is 10.9. The molecule has 2 aromatic carbocycles. The zero-order chi connectivity index (χ0) is 27.6. The molecule has 1 aliphatic rings. The molecule has 5 aromatic rings. The molecule has 3 aromatic heterocycles. The smallest absolute Gasteiger partial charge is 0.271 e. The minimum absolute atomic E-state index is 0.247. The van der Waals surface area contributed by atoms with Crippen molar-refractivity contribution in [3.63, 3.8) is 0 Å². The Morgan fingerprint density at radius 1 is 1.02 bits per heavy atom. The van der Waals surface area contributed by atoms with E-state index < -0.39 is 6.04 Å². The van der Waals surface area contributed by atoms with E-state index in [1.165, 1.54) is 23.1 Å². The first-order valence-electron chi connectivity index (χ1n) is 12.5. The van der Waals surface area contributed by atoms with E-state index in [2.05, 4.69) is 20.3 Å². The minimum atomic E-state index is -0.635. The van der Waals surface area contributed by atoms with Crippen molar-refractivity contribution in [1.82, 2.24) is 14.5 Å². The van der Waals surface area contributed by atoms with Gasteiger partial charge in [0, 0.05) is 23.7 Å². The predicted molar refractivity (Wildman–Crippen MR) is 155 cm³/mol. The maximum atomic E-state index is 13.8. The Morgan fingerprint density at radius 3 is 2.52 bits per heavy atom. The van der Waals surface area contributed by atoms with Crippen LogP contribution >= 0.6 is 23.1 Å². The van der Waals surface area contributed by atoms with E-state index >= 15 is 0 Å². The van der Waals surface area contributed by atoms with Gasteiger partial charge >= 0.3 is 0 Å². The molecular formula is C30H23N5O3S2. The number of aromatic nitrogens is 3. The number of nitrogens with one attached hydrogen (secondary N) is 1. The third-order valence-electron chi connectivity index (χ3n) is 6.25. The quantitative estimate of drug-likeness (QED) is 0.299. The van der Waals surface area contributed by atoms with E-state index in [0.29, 0.717) is 42.3 Å². The Morgan fingerprint density at radius 2 is 1.77 bits per heavy atom. The molecule has 8 nitrogen and oxygen atoms in total. The lowest BCUT2D eigenvalue weighted by Crippen LogP contribution is -2.40. The number of rotatable bonds is 6. The Balaban J connectivity index is 1.39. The number of hydrogen-bond donors (Lipinski definition) is 1. The summed E-state index contributed by atoms with van der Waals surface area (Å²) >= 11 is 2.57. The molecule has 0 aliphatic carbocycles. The molecule has 0 fully saturated rings. The van der Waals surface area contributed by atoms with Gasteiger partial charge in [0.25, 0.3) is 11.5 Å². The maximum Gasteiger partial charge on any atom is 0.271 e. The van der Waals surface area contributed by atoms with Crippen LogP contribution in [0.1, 0.15) is 30.0 Å². The largest absolute Gasteiger partial charge is 0.450 e. The summed E-state index contributed by atoms with van der Waals surface area (Å²) in [7, 11) is 0. The number of fused-ring (bicyclic) bond motifs is 1. The number of carbonyl (C=O) groups is 1. The van der Waals surface area contributed by atoms with E-state index in [1.807, 2.05) is 79.7 Å². The zero-order valence-electron chi connectivity index (χ0n) is 21.6. The lowest BCUT2D eigenvalue weighted by molar-refractivity contribution is -0.113. The Hall–Kier alpha value is -4.54. The van der Waals surface area contributed by atoms with Crippen LogP contribution in [-0.4, -0.2) is 20.4 Å². The summed E-state index contributed by atoms with van der Waals surface area (Å²) in [4.78, 5) is 41.3. The van der Waals surface area contributed by atoms with Crippen LogP contribution in [0.3, 0.4) is 0 Å². The molecule has 0 bridgehead atoms. The molecule has 4 heterocycles. The number of hydrogen-bond acceptors (Lipinski definition) is 8. The molecule has 6 rings (SSSR count). The number of nitrogens with zero attached hydrogens (tertiary/aromatic N) is 4. The number of para-hydroxylation sites is 1. The molecule has 0 saturated carbocycles. The molecule has 1 N–H and O–H groups in total. The highest BCUT2D eigenvalue weighted by atomic mass is 32.2. The van der Waals surface area contributed by atoms with Crippen LogP contribution in [0.15, 0.2) is 121 Å². The third kappa shape index (κ3) is 5.18. The van der Waals surface area contributed by atoms with E-state index in [-0.39, 0.29) is 11.5 Å². The molecule has 10 heteroatoms. The fraction of sp³-hybridized carbons (Fsp3) is 0.100. The van der Waals surface area contributed by atoms with Gasteiger partial charge in [0.15, 0.2) is 15.1 Å². The number of carbonyl (C=O) groups excluding carboxylic acids is 1. The van der Waals surface area contributed by atoms with Crippen molar-refractivity contribution in [2.75, 3.05) is 5.32 Å². The van der Waals surface area contributed by atoms with Crippen LogP contribution in [0, 0.1) is 6.92 Å². The monoisotopic (exact) mass is 565 g/mol. The normalized spacial score (nSPS) is 15.1. The van der Waals surface area contributed by atoms with Gasteiger partial charge in [-0.05, 0) is 61.5 Å². The average molecular weight is 566 g/mol. The second-order valence-corrected chi connectivity index (χ2v) is 11.0. The summed E-state index contributed by atoms with van der Waals surface area (Å²) in [5.74, 6) is 0.219. The lowest BCUT2D eigenvalue weighted by Gasteiger charge is -2.25. The van der Waals surface area contributed by atoms with Crippen molar-refractivity contribution in [3.05, 3.63) is 133 Å². The standard InChI is InChI=1S/C30H23N5O3S2/c1-18-15-16-31-29(32-18)40-24-14-13-22(38-24)17-23-28(37)35-26(20-9-5-3-6-10-20)25(19(2)33-30(35)39-23)27(36)34-21-11-7-4-8-12-21/h3-17,26H,1-2H3,(H,34,36)/b23-17+/t26-/m1/s1. The number of amides is 1. The van der Waals surface area contributed by atoms with Crippen LogP contribution in [-0.2, 0) is 4.79 Å². The van der Waals surface area contributed by atoms with Gasteiger partial charge in [0.1, 0.15) is 5.76 Å². The van der Waals surface area contributed by atoms with Crippen molar-refractivity contribution in [3.8, 4) is 0 Å². The van der Waals surface area contributed by atoms with Gasteiger partial charge < -0.3 is 9.73 Å². The number of aryl methyl sites for hydroxylation is 1. The zero-order valence-corrected chi connectivity index (χ0v) is 23.2. The van der Waals surface area contributed by atoms with Gasteiger partial charge in [0.05, 0.1) is 21.8 Å². The summed E-state index contributed by atoms with van der Waals surface area (Å²) in [5.41, 5.74) is 3.08. The van der Waals surface area contributed by atoms with Crippen molar-refractivity contribution in [2.24, 2.45) is 4.99 Å². The van der Waals surface area contributed by atoms with Gasteiger partial charge in [-0.15, -0.1) is 0 Å². The summed E-state index contributed by atoms with van der Waals surface area (Å²) in [6.45, 7) is 3.70. The van der Waals surface area contributed by atoms with Crippen LogP contribution in [0.2, 0.25) is 0 Å². The van der Waals surface area contributed by atoms with Crippen LogP contribution in [0.4, 0.5) is 5.69 Å². The van der Waals surface area contributed by atoms with E-state index in [0.717, 1.165) is 11.3 Å². The molecule has 0 radical (unpaired) electrons. The third-order valence-corrected chi connectivity index (χ3v) is 8.04. The SMILES string of the molecule is CC1=C(C(=O)Nc2ccccc2)[C@@H](c2ccccc2)n2c(s/c(=C/c3ccc(Sc4nccc(C)n4)o3)c2=O)=N1. The van der Waals surface area contributed by atoms with Crippen LogP contribution < -0.4 is 20.2 Å². The molecule has 0 saturated heterocycles. The molecular weight excluding hydrogens is 542 g/mol. The fourth-order valence-corrected chi connectivity index (χ4v) is 6.23. The molecule has 0 spiro atoms. The number of benzene rings is 2. The molecule has 40 heavy (non-hydrogen) atoms. The highest BCUT2D eigenvalue weighted by Crippen LogP contribution is 2.31. The number of thiazole rings is 1. The van der Waals surface area contributed by atoms with E-state index in [4.69, 9.17) is 4.42 Å². The average Bonchev–Trinajstić information content (AvgIpc) is 3.52. The van der Waals surface area contributed by atoms with Gasteiger partial charge in [-0.25, -0.2) is 15.0 Å². The predicted octanol–water partition coefficient (Wildman–Crippen LogP) is 4.72.